The molecule has 0 atom stereocenters. The molecule has 0 radical (unpaired) electrons. The van der Waals surface area contributed by atoms with Gasteiger partial charge in [0.15, 0.2) is 5.69 Å². The Labute approximate surface area is 104 Å². The van der Waals surface area contributed by atoms with Gasteiger partial charge in [0.2, 0.25) is 0 Å². The predicted molar refractivity (Wildman–Crippen MR) is 66.3 cm³/mol. The summed E-state index contributed by atoms with van der Waals surface area (Å²) in [7, 11) is 0. The molecule has 0 aliphatic rings. The number of aryl methyl sites for hydroxylation is 1. The van der Waals surface area contributed by atoms with Crippen LogP contribution in [0.5, 0.6) is 0 Å². The van der Waals surface area contributed by atoms with Gasteiger partial charge in [-0.25, -0.2) is 0 Å². The van der Waals surface area contributed by atoms with Crippen molar-refractivity contribution in [1.29, 1.82) is 0 Å². The van der Waals surface area contributed by atoms with Gasteiger partial charge in [0, 0.05) is 0 Å². The highest BCUT2D eigenvalue weighted by atomic mass is 16.4. The lowest BCUT2D eigenvalue weighted by Crippen LogP contribution is -2.14. The third kappa shape index (κ3) is 2.20. The van der Waals surface area contributed by atoms with E-state index < -0.39 is 5.91 Å². The van der Waals surface area contributed by atoms with Crippen LogP contribution in [0, 0.1) is 6.92 Å². The van der Waals surface area contributed by atoms with Crippen molar-refractivity contribution in [2.24, 2.45) is 0 Å². The van der Waals surface area contributed by atoms with Crippen LogP contribution in [0.3, 0.4) is 0 Å². The van der Waals surface area contributed by atoms with Crippen molar-refractivity contribution < 1.29 is 9.21 Å². The summed E-state index contributed by atoms with van der Waals surface area (Å²) in [6.07, 6.45) is 1.45. The number of H-pyrrole nitrogens is 1. The first-order valence-electron chi connectivity index (χ1n) is 5.56. The van der Waals surface area contributed by atoms with Crippen molar-refractivity contribution in [2.75, 3.05) is 11.1 Å². The van der Waals surface area contributed by atoms with Crippen LogP contribution in [0.15, 0.2) is 10.7 Å². The number of aromatic amines is 1. The van der Waals surface area contributed by atoms with Crippen molar-refractivity contribution in [3.05, 3.63) is 23.3 Å². The van der Waals surface area contributed by atoms with Gasteiger partial charge in [-0.15, -0.1) is 0 Å². The molecule has 0 aliphatic carbocycles. The summed E-state index contributed by atoms with van der Waals surface area (Å²) in [6, 6.07) is 0.131. The van der Waals surface area contributed by atoms with E-state index in [0.717, 1.165) is 5.69 Å². The second-order valence-electron chi connectivity index (χ2n) is 4.30. The number of carbonyl (C=O) groups is 1. The van der Waals surface area contributed by atoms with Crippen LogP contribution in [-0.4, -0.2) is 21.1 Å². The lowest BCUT2D eigenvalue weighted by atomic mass is 10.1. The first-order valence-corrected chi connectivity index (χ1v) is 5.56. The zero-order valence-electron chi connectivity index (χ0n) is 10.4. The standard InChI is InChI=1S/C11H15N5O2/c1-5(2)8-7(12)9(16-15-8)10(17)14-11-13-6(3)4-18-11/h4-5H,12H2,1-3H3,(H,15,16)(H,13,14,17). The van der Waals surface area contributed by atoms with E-state index in [-0.39, 0.29) is 17.6 Å². The average Bonchev–Trinajstić information content (AvgIpc) is 2.85. The normalized spacial score (nSPS) is 10.9. The number of hydrogen-bond donors (Lipinski definition) is 3. The summed E-state index contributed by atoms with van der Waals surface area (Å²) in [5.74, 6) is -0.277. The Balaban J connectivity index is 2.19. The van der Waals surface area contributed by atoms with Crippen LogP contribution in [-0.2, 0) is 0 Å². The first-order chi connectivity index (χ1) is 8.49. The van der Waals surface area contributed by atoms with E-state index >= 15 is 0 Å². The van der Waals surface area contributed by atoms with Gasteiger partial charge >= 0.3 is 6.01 Å². The third-order valence-electron chi connectivity index (χ3n) is 2.47. The van der Waals surface area contributed by atoms with Crippen LogP contribution in [0.4, 0.5) is 11.7 Å². The van der Waals surface area contributed by atoms with Gasteiger partial charge in [0.05, 0.1) is 17.1 Å². The van der Waals surface area contributed by atoms with Gasteiger partial charge in [0.25, 0.3) is 5.91 Å². The number of nitrogens with one attached hydrogen (secondary N) is 2. The largest absolute Gasteiger partial charge is 0.432 e. The van der Waals surface area contributed by atoms with E-state index in [1.807, 2.05) is 13.8 Å². The van der Waals surface area contributed by atoms with Crippen molar-refractivity contribution in [1.82, 2.24) is 15.2 Å². The number of rotatable bonds is 3. The van der Waals surface area contributed by atoms with Gasteiger partial charge in [-0.3, -0.25) is 15.2 Å². The van der Waals surface area contributed by atoms with Gasteiger partial charge in [-0.1, -0.05) is 13.8 Å². The van der Waals surface area contributed by atoms with E-state index in [4.69, 9.17) is 10.2 Å². The minimum Gasteiger partial charge on any atom is -0.432 e. The molecule has 18 heavy (non-hydrogen) atoms. The van der Waals surface area contributed by atoms with Crippen LogP contribution in [0.25, 0.3) is 0 Å². The summed E-state index contributed by atoms with van der Waals surface area (Å²) >= 11 is 0. The van der Waals surface area contributed by atoms with Crippen LogP contribution in [0.1, 0.15) is 41.6 Å². The quantitative estimate of drug-likeness (QED) is 0.766. The number of amides is 1. The highest BCUT2D eigenvalue weighted by molar-refractivity contribution is 6.05. The van der Waals surface area contributed by atoms with Crippen LogP contribution < -0.4 is 11.1 Å². The number of carbonyl (C=O) groups excluding carboxylic acids is 1. The molecule has 0 aliphatic heterocycles. The van der Waals surface area contributed by atoms with Crippen molar-refractivity contribution >= 4 is 17.6 Å². The summed E-state index contributed by atoms with van der Waals surface area (Å²) < 4.78 is 5.03. The molecule has 2 aromatic heterocycles. The topological polar surface area (TPSA) is 110 Å². The molecule has 4 N–H and O–H groups in total. The minimum absolute atomic E-state index is 0.131. The van der Waals surface area contributed by atoms with Crippen molar-refractivity contribution in [3.8, 4) is 0 Å². The lowest BCUT2D eigenvalue weighted by molar-refractivity contribution is 0.102. The van der Waals surface area contributed by atoms with Crippen LogP contribution in [0.2, 0.25) is 0 Å². The Bertz CT molecular complexity index is 570. The molecule has 0 fully saturated rings. The van der Waals surface area contributed by atoms with E-state index in [1.165, 1.54) is 6.26 Å². The fraction of sp³-hybridized carbons (Fsp3) is 0.364. The Kier molecular flexibility index (Phi) is 3.05. The Morgan fingerprint density at radius 3 is 2.78 bits per heavy atom. The number of anilines is 2. The number of nitrogens with two attached hydrogens (primary N) is 1. The highest BCUT2D eigenvalue weighted by Gasteiger charge is 2.20. The molecule has 0 bridgehead atoms. The number of nitrogens with zero attached hydrogens (tertiary/aromatic N) is 2. The SMILES string of the molecule is Cc1coc(NC(=O)c2n[nH]c(C(C)C)c2N)n1. The first kappa shape index (κ1) is 12.2. The molecule has 7 heteroatoms. The Morgan fingerprint density at radius 2 is 2.28 bits per heavy atom. The number of aromatic nitrogens is 3. The van der Waals surface area contributed by atoms with Crippen molar-refractivity contribution in [3.63, 3.8) is 0 Å². The fourth-order valence-electron chi connectivity index (χ4n) is 1.55. The molecule has 0 spiro atoms. The van der Waals surface area contributed by atoms with E-state index in [9.17, 15) is 4.79 Å². The van der Waals surface area contributed by atoms with E-state index in [2.05, 4.69) is 20.5 Å². The Hall–Kier alpha value is -2.31. The number of oxazole rings is 1. The molecule has 7 nitrogen and oxygen atoms in total. The maximum Gasteiger partial charge on any atom is 0.301 e. The zero-order valence-corrected chi connectivity index (χ0v) is 10.4. The van der Waals surface area contributed by atoms with E-state index in [0.29, 0.717) is 11.4 Å². The maximum atomic E-state index is 11.9. The molecule has 96 valence electrons. The third-order valence-corrected chi connectivity index (χ3v) is 2.47. The average molecular weight is 249 g/mol. The molecule has 2 rings (SSSR count). The fourth-order valence-corrected chi connectivity index (χ4v) is 1.55. The number of nitrogen functional groups attached to an aromatic ring is 1. The molecule has 0 unspecified atom stereocenters. The molecule has 2 aromatic rings. The maximum absolute atomic E-state index is 11.9. The summed E-state index contributed by atoms with van der Waals surface area (Å²) in [6.45, 7) is 5.69. The van der Waals surface area contributed by atoms with Gasteiger partial charge in [0.1, 0.15) is 6.26 Å². The second kappa shape index (κ2) is 4.52. The predicted octanol–water partition coefficient (Wildman–Crippen LogP) is 1.66. The highest BCUT2D eigenvalue weighted by Crippen LogP contribution is 2.22. The molecule has 0 saturated heterocycles. The van der Waals surface area contributed by atoms with Gasteiger partial charge < -0.3 is 10.2 Å². The summed E-state index contributed by atoms with van der Waals surface area (Å²) in [5.41, 5.74) is 7.78. The summed E-state index contributed by atoms with van der Waals surface area (Å²) in [4.78, 5) is 15.9. The molecular weight excluding hydrogens is 234 g/mol. The molecule has 0 saturated carbocycles. The van der Waals surface area contributed by atoms with Crippen LogP contribution >= 0.6 is 0 Å². The molecular formula is C11H15N5O2. The smallest absolute Gasteiger partial charge is 0.301 e. The molecule has 0 aromatic carbocycles. The molecule has 2 heterocycles. The summed E-state index contributed by atoms with van der Waals surface area (Å²) in [5, 5.41) is 9.16. The molecule has 1 amide bonds. The van der Waals surface area contributed by atoms with Gasteiger partial charge in [-0.05, 0) is 12.8 Å². The Morgan fingerprint density at radius 1 is 1.56 bits per heavy atom. The van der Waals surface area contributed by atoms with Gasteiger partial charge in [-0.2, -0.15) is 10.1 Å². The number of hydrogen-bond acceptors (Lipinski definition) is 5. The minimum atomic E-state index is -0.447. The second-order valence-corrected chi connectivity index (χ2v) is 4.30. The van der Waals surface area contributed by atoms with Crippen molar-refractivity contribution in [2.45, 2.75) is 26.7 Å². The monoisotopic (exact) mass is 249 g/mol. The van der Waals surface area contributed by atoms with E-state index in [1.54, 1.807) is 6.92 Å². The lowest BCUT2D eigenvalue weighted by Gasteiger charge is -2.02. The zero-order chi connectivity index (χ0) is 13.3.